The van der Waals surface area contributed by atoms with Gasteiger partial charge in [0, 0.05) is 18.4 Å². The van der Waals surface area contributed by atoms with E-state index in [0.717, 1.165) is 5.56 Å². The molecule has 2 rings (SSSR count). The molecule has 2 atom stereocenters. The van der Waals surface area contributed by atoms with E-state index < -0.39 is 11.3 Å². The van der Waals surface area contributed by atoms with Crippen molar-refractivity contribution < 1.29 is 9.59 Å². The van der Waals surface area contributed by atoms with Crippen LogP contribution in [0.2, 0.25) is 0 Å². The van der Waals surface area contributed by atoms with E-state index in [4.69, 9.17) is 0 Å². The van der Waals surface area contributed by atoms with Gasteiger partial charge in [-0.25, -0.2) is 0 Å². The molecule has 1 aliphatic rings. The highest BCUT2D eigenvalue weighted by Gasteiger charge is 2.49. The summed E-state index contributed by atoms with van der Waals surface area (Å²) in [5.41, 5.74) is 0.261. The fraction of sp³-hybridized carbons (Fsp3) is 0.412. The molecule has 0 aliphatic heterocycles. The summed E-state index contributed by atoms with van der Waals surface area (Å²) >= 11 is 0. The molecule has 21 heavy (non-hydrogen) atoms. The van der Waals surface area contributed by atoms with Gasteiger partial charge in [-0.15, -0.1) is 0 Å². The lowest BCUT2D eigenvalue weighted by atomic mass is 9.72. The molecule has 1 aliphatic carbocycles. The van der Waals surface area contributed by atoms with Crippen LogP contribution in [0.25, 0.3) is 0 Å². The van der Waals surface area contributed by atoms with Gasteiger partial charge in [-0.1, -0.05) is 29.8 Å². The van der Waals surface area contributed by atoms with Crippen molar-refractivity contribution in [3.63, 3.8) is 0 Å². The van der Waals surface area contributed by atoms with E-state index in [2.05, 4.69) is 0 Å². The van der Waals surface area contributed by atoms with E-state index in [1.54, 1.807) is 12.1 Å². The molecular weight excluding hydrogens is 264 g/mol. The van der Waals surface area contributed by atoms with Crippen LogP contribution >= 0.6 is 0 Å². The first-order valence-corrected chi connectivity index (χ1v) is 6.97. The van der Waals surface area contributed by atoms with Gasteiger partial charge in [0.25, 0.3) is 0 Å². The number of rotatable bonds is 4. The van der Waals surface area contributed by atoms with Crippen LogP contribution in [0.4, 0.5) is 0 Å². The van der Waals surface area contributed by atoms with Crippen LogP contribution in [-0.4, -0.2) is 11.6 Å². The third kappa shape index (κ3) is 2.71. The molecule has 0 bridgehead atoms. The molecule has 0 aromatic heterocycles. The predicted molar refractivity (Wildman–Crippen MR) is 76.1 cm³/mol. The molecular formula is C17H16N2O2. The number of ketones is 2. The van der Waals surface area contributed by atoms with Gasteiger partial charge in [0.15, 0.2) is 11.6 Å². The number of benzene rings is 1. The number of hydrogen-bond donors (Lipinski definition) is 0. The first kappa shape index (κ1) is 14.9. The van der Waals surface area contributed by atoms with Gasteiger partial charge in [-0.2, -0.15) is 10.5 Å². The smallest absolute Gasteiger partial charge is 0.164 e. The zero-order valence-corrected chi connectivity index (χ0v) is 11.9. The Morgan fingerprint density at radius 2 is 2.00 bits per heavy atom. The highest BCUT2D eigenvalue weighted by atomic mass is 16.1. The van der Waals surface area contributed by atoms with E-state index in [-0.39, 0.29) is 18.0 Å². The van der Waals surface area contributed by atoms with Crippen molar-refractivity contribution in [2.75, 3.05) is 0 Å². The Morgan fingerprint density at radius 1 is 1.33 bits per heavy atom. The number of nitrogens with zero attached hydrogens (tertiary/aromatic N) is 2. The Kier molecular flexibility index (Phi) is 4.19. The molecule has 1 saturated carbocycles. The summed E-state index contributed by atoms with van der Waals surface area (Å²) in [5, 5.41) is 18.7. The molecule has 0 unspecified atom stereocenters. The fourth-order valence-corrected chi connectivity index (χ4v) is 2.83. The average molecular weight is 280 g/mol. The Labute approximate surface area is 124 Å². The molecule has 0 amide bonds. The van der Waals surface area contributed by atoms with Crippen LogP contribution in [-0.2, 0) is 4.79 Å². The number of nitriles is 2. The molecule has 0 heterocycles. The lowest BCUT2D eigenvalue weighted by Crippen LogP contribution is -2.34. The highest BCUT2D eigenvalue weighted by Crippen LogP contribution is 2.42. The second-order valence-electron chi connectivity index (χ2n) is 5.53. The van der Waals surface area contributed by atoms with Gasteiger partial charge in [-0.3, -0.25) is 9.59 Å². The summed E-state index contributed by atoms with van der Waals surface area (Å²) in [4.78, 5) is 24.3. The summed E-state index contributed by atoms with van der Waals surface area (Å²) in [6.07, 6.45) is 1.23. The summed E-state index contributed by atoms with van der Waals surface area (Å²) in [5.74, 6) is -1.27. The summed E-state index contributed by atoms with van der Waals surface area (Å²) in [6.45, 7) is 1.92. The number of carbonyl (C=O) groups excluding carboxylic acids is 2. The van der Waals surface area contributed by atoms with Crippen LogP contribution in [0.5, 0.6) is 0 Å². The maximum Gasteiger partial charge on any atom is 0.164 e. The molecule has 0 spiro atoms. The molecule has 1 aromatic carbocycles. The van der Waals surface area contributed by atoms with Gasteiger partial charge in [-0.05, 0) is 19.8 Å². The number of hydrogen-bond acceptors (Lipinski definition) is 4. The van der Waals surface area contributed by atoms with Crippen molar-refractivity contribution in [2.24, 2.45) is 11.3 Å². The van der Waals surface area contributed by atoms with E-state index in [9.17, 15) is 20.1 Å². The normalized spacial score (nSPS) is 22.3. The lowest BCUT2D eigenvalue weighted by Gasteiger charge is -2.23. The Bertz CT molecular complexity index is 649. The van der Waals surface area contributed by atoms with Crippen LogP contribution in [0.3, 0.4) is 0 Å². The van der Waals surface area contributed by atoms with Crippen molar-refractivity contribution >= 4 is 11.6 Å². The average Bonchev–Trinajstić information content (AvgIpc) is 2.87. The Morgan fingerprint density at radius 3 is 2.48 bits per heavy atom. The number of carbonyl (C=O) groups is 2. The SMILES string of the molecule is Cc1ccc(C(=O)C[C@H](C#N)[C@]2(C#N)CCCC2=O)cc1. The van der Waals surface area contributed by atoms with Gasteiger partial charge >= 0.3 is 0 Å². The Balaban J connectivity index is 2.22. The summed E-state index contributed by atoms with van der Waals surface area (Å²) in [7, 11) is 0. The molecule has 0 N–H and O–H groups in total. The lowest BCUT2D eigenvalue weighted by molar-refractivity contribution is -0.124. The van der Waals surface area contributed by atoms with Crippen molar-refractivity contribution in [1.29, 1.82) is 10.5 Å². The minimum Gasteiger partial charge on any atom is -0.298 e. The van der Waals surface area contributed by atoms with Crippen molar-refractivity contribution in [3.05, 3.63) is 35.4 Å². The summed E-state index contributed by atoms with van der Waals surface area (Å²) in [6, 6.07) is 11.1. The minimum absolute atomic E-state index is 0.0845. The monoisotopic (exact) mass is 280 g/mol. The van der Waals surface area contributed by atoms with Crippen molar-refractivity contribution in [3.8, 4) is 12.1 Å². The standard InChI is InChI=1S/C17H16N2O2/c1-12-4-6-13(7-5-12)15(20)9-14(10-18)17(11-19)8-2-3-16(17)21/h4-7,14H,2-3,8-9H2,1H3/t14-,17-/m1/s1. The van der Waals surface area contributed by atoms with E-state index >= 15 is 0 Å². The molecule has 0 saturated heterocycles. The van der Waals surface area contributed by atoms with Crippen molar-refractivity contribution in [2.45, 2.75) is 32.6 Å². The van der Waals surface area contributed by atoms with E-state index in [1.165, 1.54) is 0 Å². The molecule has 106 valence electrons. The van der Waals surface area contributed by atoms with Crippen LogP contribution < -0.4 is 0 Å². The molecule has 4 heteroatoms. The first-order chi connectivity index (χ1) is 10.0. The van der Waals surface area contributed by atoms with E-state index in [0.29, 0.717) is 24.8 Å². The fourth-order valence-electron chi connectivity index (χ4n) is 2.83. The second-order valence-corrected chi connectivity index (χ2v) is 5.53. The van der Waals surface area contributed by atoms with Gasteiger partial charge in [0.2, 0.25) is 0 Å². The highest BCUT2D eigenvalue weighted by molar-refractivity contribution is 5.98. The van der Waals surface area contributed by atoms with E-state index in [1.807, 2.05) is 31.2 Å². The molecule has 1 aromatic rings. The van der Waals surface area contributed by atoms with Crippen LogP contribution in [0.15, 0.2) is 24.3 Å². The number of Topliss-reactive ketones (excluding diaryl/α,β-unsaturated/α-hetero) is 2. The third-order valence-electron chi connectivity index (χ3n) is 4.19. The summed E-state index contributed by atoms with van der Waals surface area (Å²) < 4.78 is 0. The zero-order chi connectivity index (χ0) is 15.5. The largest absolute Gasteiger partial charge is 0.298 e. The van der Waals surface area contributed by atoms with Crippen LogP contribution in [0.1, 0.15) is 41.6 Å². The first-order valence-electron chi connectivity index (χ1n) is 6.97. The zero-order valence-electron chi connectivity index (χ0n) is 11.9. The predicted octanol–water partition coefficient (Wildman–Crippen LogP) is 2.97. The molecule has 4 nitrogen and oxygen atoms in total. The topological polar surface area (TPSA) is 81.7 Å². The third-order valence-corrected chi connectivity index (χ3v) is 4.19. The molecule has 1 fully saturated rings. The van der Waals surface area contributed by atoms with Crippen molar-refractivity contribution in [1.82, 2.24) is 0 Å². The quantitative estimate of drug-likeness (QED) is 0.794. The maximum atomic E-state index is 12.3. The van der Waals surface area contributed by atoms with Gasteiger partial charge in [0.1, 0.15) is 5.41 Å². The minimum atomic E-state index is -1.30. The van der Waals surface area contributed by atoms with Crippen LogP contribution in [0, 0.1) is 40.9 Å². The Hall–Kier alpha value is -2.46. The maximum absolute atomic E-state index is 12.3. The van der Waals surface area contributed by atoms with Gasteiger partial charge < -0.3 is 0 Å². The molecule has 0 radical (unpaired) electrons. The van der Waals surface area contributed by atoms with Gasteiger partial charge in [0.05, 0.1) is 18.1 Å². The second kappa shape index (κ2) is 5.89. The number of aryl methyl sites for hydroxylation is 1.